The van der Waals surface area contributed by atoms with Crippen LogP contribution in [0.5, 0.6) is 0 Å². The summed E-state index contributed by atoms with van der Waals surface area (Å²) in [6.07, 6.45) is 0. The summed E-state index contributed by atoms with van der Waals surface area (Å²) >= 11 is 0. The molecule has 0 aliphatic carbocycles. The number of anilines is 1. The van der Waals surface area contributed by atoms with Gasteiger partial charge in [0.05, 0.1) is 12.2 Å². The fourth-order valence-electron chi connectivity index (χ4n) is 1.52. The first-order valence-corrected chi connectivity index (χ1v) is 5.76. The molecule has 0 unspecified atom stereocenters. The zero-order valence-corrected chi connectivity index (χ0v) is 10.7. The van der Waals surface area contributed by atoms with E-state index in [1.54, 1.807) is 18.0 Å². The number of rotatable bonds is 5. The zero-order chi connectivity index (χ0) is 12.8. The van der Waals surface area contributed by atoms with E-state index >= 15 is 0 Å². The van der Waals surface area contributed by atoms with E-state index in [9.17, 15) is 4.79 Å². The highest BCUT2D eigenvalue weighted by Gasteiger charge is 2.14. The monoisotopic (exact) mass is 236 g/mol. The number of ether oxygens (including phenoxy) is 1. The lowest BCUT2D eigenvalue weighted by molar-refractivity contribution is 0.0711. The number of aryl methyl sites for hydroxylation is 1. The van der Waals surface area contributed by atoms with Crippen LogP contribution in [0.4, 0.5) is 5.69 Å². The first-order chi connectivity index (χ1) is 8.07. The van der Waals surface area contributed by atoms with Gasteiger partial charge < -0.3 is 15.4 Å². The van der Waals surface area contributed by atoms with Gasteiger partial charge in [-0.25, -0.2) is 0 Å². The molecular formula is C13H20N2O2. The van der Waals surface area contributed by atoms with Crippen molar-refractivity contribution >= 4 is 11.6 Å². The van der Waals surface area contributed by atoms with Gasteiger partial charge in [0, 0.05) is 25.9 Å². The predicted molar refractivity (Wildman–Crippen MR) is 69.0 cm³/mol. The molecule has 0 saturated heterocycles. The molecule has 4 nitrogen and oxygen atoms in total. The summed E-state index contributed by atoms with van der Waals surface area (Å²) in [6.45, 7) is 5.60. The molecule has 0 atom stereocenters. The Kier molecular flexibility index (Phi) is 4.97. The summed E-state index contributed by atoms with van der Waals surface area (Å²) in [6, 6.07) is 5.49. The van der Waals surface area contributed by atoms with Gasteiger partial charge in [-0.05, 0) is 25.5 Å². The summed E-state index contributed by atoms with van der Waals surface area (Å²) in [5.41, 5.74) is 7.94. The maximum absolute atomic E-state index is 12.1. The van der Waals surface area contributed by atoms with E-state index in [4.69, 9.17) is 10.5 Å². The van der Waals surface area contributed by atoms with Crippen LogP contribution in [-0.4, -0.2) is 37.6 Å². The highest BCUT2D eigenvalue weighted by atomic mass is 16.5. The molecule has 17 heavy (non-hydrogen) atoms. The highest BCUT2D eigenvalue weighted by molar-refractivity contribution is 5.99. The van der Waals surface area contributed by atoms with Crippen molar-refractivity contribution in [1.82, 2.24) is 4.90 Å². The minimum absolute atomic E-state index is 0.0640. The summed E-state index contributed by atoms with van der Waals surface area (Å²) in [7, 11) is 1.75. The first-order valence-electron chi connectivity index (χ1n) is 5.76. The van der Waals surface area contributed by atoms with Crippen molar-refractivity contribution < 1.29 is 9.53 Å². The van der Waals surface area contributed by atoms with Gasteiger partial charge in [-0.2, -0.15) is 0 Å². The summed E-state index contributed by atoms with van der Waals surface area (Å²) in [5.74, 6) is -0.0640. The Bertz CT molecular complexity index is 391. The van der Waals surface area contributed by atoms with Crippen LogP contribution in [0.25, 0.3) is 0 Å². The minimum Gasteiger partial charge on any atom is -0.398 e. The SMILES string of the molecule is CCOCCN(C)C(=O)c1cccc(C)c1N. The number of hydrogen-bond acceptors (Lipinski definition) is 3. The molecule has 0 radical (unpaired) electrons. The van der Waals surface area contributed by atoms with Crippen LogP contribution in [0.1, 0.15) is 22.8 Å². The summed E-state index contributed by atoms with van der Waals surface area (Å²) in [4.78, 5) is 13.7. The van der Waals surface area contributed by atoms with Crippen molar-refractivity contribution in [3.05, 3.63) is 29.3 Å². The average molecular weight is 236 g/mol. The number of nitrogens with zero attached hydrogens (tertiary/aromatic N) is 1. The maximum Gasteiger partial charge on any atom is 0.255 e. The maximum atomic E-state index is 12.1. The fraction of sp³-hybridized carbons (Fsp3) is 0.462. The van der Waals surface area contributed by atoms with Gasteiger partial charge in [-0.1, -0.05) is 12.1 Å². The summed E-state index contributed by atoms with van der Waals surface area (Å²) < 4.78 is 5.22. The molecule has 4 heteroatoms. The number of hydrogen-bond donors (Lipinski definition) is 1. The van der Waals surface area contributed by atoms with Crippen molar-refractivity contribution in [3.63, 3.8) is 0 Å². The first kappa shape index (κ1) is 13.5. The van der Waals surface area contributed by atoms with Crippen LogP contribution in [0.3, 0.4) is 0 Å². The van der Waals surface area contributed by atoms with Crippen molar-refractivity contribution in [2.24, 2.45) is 0 Å². The molecular weight excluding hydrogens is 216 g/mol. The normalized spacial score (nSPS) is 10.3. The van der Waals surface area contributed by atoms with Crippen molar-refractivity contribution in [3.8, 4) is 0 Å². The van der Waals surface area contributed by atoms with E-state index in [-0.39, 0.29) is 5.91 Å². The summed E-state index contributed by atoms with van der Waals surface area (Å²) in [5, 5.41) is 0. The smallest absolute Gasteiger partial charge is 0.255 e. The Morgan fingerprint density at radius 1 is 1.47 bits per heavy atom. The van der Waals surface area contributed by atoms with Crippen LogP contribution in [0.2, 0.25) is 0 Å². The van der Waals surface area contributed by atoms with Crippen LogP contribution in [0.15, 0.2) is 18.2 Å². The second kappa shape index (κ2) is 6.25. The quantitative estimate of drug-likeness (QED) is 0.625. The standard InChI is InChI=1S/C13H20N2O2/c1-4-17-9-8-15(3)13(16)11-7-5-6-10(2)12(11)14/h5-7H,4,8-9,14H2,1-3H3. The number of benzene rings is 1. The molecule has 0 bridgehead atoms. The zero-order valence-electron chi connectivity index (χ0n) is 10.7. The second-order valence-electron chi connectivity index (χ2n) is 3.96. The lowest BCUT2D eigenvalue weighted by Gasteiger charge is -2.18. The van der Waals surface area contributed by atoms with E-state index in [0.29, 0.717) is 31.0 Å². The van der Waals surface area contributed by atoms with Gasteiger partial charge >= 0.3 is 0 Å². The van der Waals surface area contributed by atoms with Gasteiger partial charge in [0.2, 0.25) is 0 Å². The van der Waals surface area contributed by atoms with Gasteiger partial charge in [0.1, 0.15) is 0 Å². The topological polar surface area (TPSA) is 55.6 Å². The Hall–Kier alpha value is -1.55. The van der Waals surface area contributed by atoms with E-state index in [1.807, 2.05) is 26.0 Å². The molecule has 2 N–H and O–H groups in total. The van der Waals surface area contributed by atoms with Gasteiger partial charge in [-0.3, -0.25) is 4.79 Å². The van der Waals surface area contributed by atoms with Crippen LogP contribution >= 0.6 is 0 Å². The molecule has 0 saturated carbocycles. The van der Waals surface area contributed by atoms with Crippen molar-refractivity contribution in [2.45, 2.75) is 13.8 Å². The van der Waals surface area contributed by atoms with Crippen LogP contribution in [0, 0.1) is 6.92 Å². The molecule has 1 amide bonds. The Labute approximate surface area is 102 Å². The minimum atomic E-state index is -0.0640. The molecule has 1 aromatic carbocycles. The molecule has 94 valence electrons. The third-order valence-electron chi connectivity index (χ3n) is 2.68. The number of carbonyl (C=O) groups is 1. The van der Waals surface area contributed by atoms with Gasteiger partial charge in [0.15, 0.2) is 0 Å². The molecule has 1 rings (SSSR count). The Morgan fingerprint density at radius 3 is 2.82 bits per heavy atom. The molecule has 0 heterocycles. The lowest BCUT2D eigenvalue weighted by Crippen LogP contribution is -2.30. The molecule has 0 aromatic heterocycles. The van der Waals surface area contributed by atoms with Gasteiger partial charge in [0.25, 0.3) is 5.91 Å². The predicted octanol–water partition coefficient (Wildman–Crippen LogP) is 1.69. The van der Waals surface area contributed by atoms with Gasteiger partial charge in [-0.15, -0.1) is 0 Å². The van der Waals surface area contributed by atoms with Crippen LogP contribution in [-0.2, 0) is 4.74 Å². The number of para-hydroxylation sites is 1. The highest BCUT2D eigenvalue weighted by Crippen LogP contribution is 2.17. The Morgan fingerprint density at radius 2 is 2.18 bits per heavy atom. The second-order valence-corrected chi connectivity index (χ2v) is 3.96. The molecule has 0 aliphatic heterocycles. The van der Waals surface area contributed by atoms with Crippen molar-refractivity contribution in [2.75, 3.05) is 32.5 Å². The third-order valence-corrected chi connectivity index (χ3v) is 2.68. The van der Waals surface area contributed by atoms with Crippen LogP contribution < -0.4 is 5.73 Å². The largest absolute Gasteiger partial charge is 0.398 e. The average Bonchev–Trinajstić information content (AvgIpc) is 2.32. The molecule has 0 aliphatic rings. The fourth-order valence-corrected chi connectivity index (χ4v) is 1.52. The van der Waals surface area contributed by atoms with Crippen molar-refractivity contribution in [1.29, 1.82) is 0 Å². The molecule has 0 fully saturated rings. The van der Waals surface area contributed by atoms with E-state index in [1.165, 1.54) is 0 Å². The number of amides is 1. The number of nitrogens with two attached hydrogens (primary N) is 1. The van der Waals surface area contributed by atoms with E-state index in [2.05, 4.69) is 0 Å². The number of carbonyl (C=O) groups excluding carboxylic acids is 1. The molecule has 1 aromatic rings. The molecule has 0 spiro atoms. The van der Waals surface area contributed by atoms with E-state index in [0.717, 1.165) is 5.56 Å². The lowest BCUT2D eigenvalue weighted by atomic mass is 10.1. The Balaban J connectivity index is 2.71. The number of likely N-dealkylation sites (N-methyl/N-ethyl adjacent to an activating group) is 1. The number of nitrogen functional groups attached to an aromatic ring is 1. The van der Waals surface area contributed by atoms with E-state index < -0.39 is 0 Å². The third kappa shape index (κ3) is 3.46.